The zero-order valence-corrected chi connectivity index (χ0v) is 12.1. The highest BCUT2D eigenvalue weighted by Crippen LogP contribution is 2.25. The molecule has 0 aliphatic carbocycles. The van der Waals surface area contributed by atoms with Crippen LogP contribution in [0.4, 0.5) is 4.79 Å². The second kappa shape index (κ2) is 6.34. The van der Waals surface area contributed by atoms with Gasteiger partial charge in [0.1, 0.15) is 11.6 Å². The van der Waals surface area contributed by atoms with Crippen molar-refractivity contribution in [2.75, 3.05) is 0 Å². The molecular weight excluding hydrogens is 278 g/mol. The maximum Gasteiger partial charge on any atom is 0.408 e. The van der Waals surface area contributed by atoms with E-state index in [0.717, 1.165) is 0 Å². The van der Waals surface area contributed by atoms with Gasteiger partial charge in [-0.1, -0.05) is 6.07 Å². The molecule has 0 bridgehead atoms. The lowest BCUT2D eigenvalue weighted by Gasteiger charge is -2.22. The van der Waals surface area contributed by atoms with Gasteiger partial charge in [0, 0.05) is 6.42 Å². The molecule has 0 unspecified atom stereocenters. The van der Waals surface area contributed by atoms with Crippen LogP contribution in [0.3, 0.4) is 0 Å². The molecule has 0 radical (unpaired) electrons. The van der Waals surface area contributed by atoms with Crippen LogP contribution in [0.2, 0.25) is 0 Å². The third-order valence-corrected chi connectivity index (χ3v) is 2.47. The van der Waals surface area contributed by atoms with Gasteiger partial charge in [-0.05, 0) is 38.5 Å². The summed E-state index contributed by atoms with van der Waals surface area (Å²) in [7, 11) is 0. The van der Waals surface area contributed by atoms with Gasteiger partial charge in [0.2, 0.25) is 0 Å². The van der Waals surface area contributed by atoms with Crippen molar-refractivity contribution < 1.29 is 29.6 Å². The Kier molecular flexibility index (Phi) is 5.02. The number of nitrogens with one attached hydrogen (secondary N) is 1. The molecule has 0 aromatic heterocycles. The number of carboxylic acids is 1. The lowest BCUT2D eigenvalue weighted by molar-refractivity contribution is -0.139. The fourth-order valence-electron chi connectivity index (χ4n) is 1.58. The van der Waals surface area contributed by atoms with Gasteiger partial charge >= 0.3 is 12.1 Å². The lowest BCUT2D eigenvalue weighted by Crippen LogP contribution is -2.44. The maximum atomic E-state index is 11.6. The standard InChI is InChI=1S/C14H19NO6/c1-14(2,3)21-13(20)15-9(12(18)19)6-8-4-5-10(16)11(17)7-8/h4-5,7,9,16-17H,6H2,1-3H3,(H,15,20)(H,18,19)/t9-/m0/s1. The first kappa shape index (κ1) is 16.6. The molecule has 1 aromatic rings. The molecule has 0 saturated heterocycles. The monoisotopic (exact) mass is 297 g/mol. The Balaban J connectivity index is 2.76. The summed E-state index contributed by atoms with van der Waals surface area (Å²) < 4.78 is 5.00. The maximum absolute atomic E-state index is 11.6. The second-order valence-electron chi connectivity index (χ2n) is 5.56. The van der Waals surface area contributed by atoms with Crippen LogP contribution in [0, 0.1) is 0 Å². The molecule has 7 heteroatoms. The van der Waals surface area contributed by atoms with Crippen molar-refractivity contribution in [3.63, 3.8) is 0 Å². The number of hydrogen-bond acceptors (Lipinski definition) is 5. The minimum Gasteiger partial charge on any atom is -0.504 e. The van der Waals surface area contributed by atoms with Crippen molar-refractivity contribution >= 4 is 12.1 Å². The minimum atomic E-state index is -1.23. The molecule has 0 saturated carbocycles. The van der Waals surface area contributed by atoms with E-state index in [1.165, 1.54) is 18.2 Å². The van der Waals surface area contributed by atoms with Gasteiger partial charge in [0.15, 0.2) is 11.5 Å². The first-order valence-electron chi connectivity index (χ1n) is 6.31. The fraction of sp³-hybridized carbons (Fsp3) is 0.429. The van der Waals surface area contributed by atoms with Gasteiger partial charge in [-0.3, -0.25) is 0 Å². The summed E-state index contributed by atoms with van der Waals surface area (Å²) in [5.41, 5.74) is -0.280. The predicted octanol–water partition coefficient (Wildman–Crippen LogP) is 1.62. The quantitative estimate of drug-likeness (QED) is 0.627. The van der Waals surface area contributed by atoms with E-state index in [4.69, 9.17) is 9.84 Å². The number of carbonyl (C=O) groups excluding carboxylic acids is 1. The molecule has 0 fully saturated rings. The highest BCUT2D eigenvalue weighted by atomic mass is 16.6. The van der Waals surface area contributed by atoms with Crippen LogP contribution in [-0.4, -0.2) is 39.0 Å². The highest BCUT2D eigenvalue weighted by molar-refractivity contribution is 5.80. The first-order valence-corrected chi connectivity index (χ1v) is 6.31. The van der Waals surface area contributed by atoms with Crippen LogP contribution < -0.4 is 5.32 Å². The average Bonchev–Trinajstić information content (AvgIpc) is 2.30. The normalized spacial score (nSPS) is 12.5. The Morgan fingerprint density at radius 1 is 1.24 bits per heavy atom. The molecule has 0 spiro atoms. The lowest BCUT2D eigenvalue weighted by atomic mass is 10.1. The van der Waals surface area contributed by atoms with Gasteiger partial charge in [-0.2, -0.15) is 0 Å². The van der Waals surface area contributed by atoms with Crippen LogP contribution in [-0.2, 0) is 16.0 Å². The zero-order valence-electron chi connectivity index (χ0n) is 12.1. The molecule has 1 rings (SSSR count). The third-order valence-electron chi connectivity index (χ3n) is 2.47. The Bertz CT molecular complexity index is 535. The molecule has 4 N–H and O–H groups in total. The summed E-state index contributed by atoms with van der Waals surface area (Å²) in [4.78, 5) is 22.8. The number of phenols is 2. The van der Waals surface area contributed by atoms with Gasteiger partial charge in [-0.25, -0.2) is 9.59 Å². The molecule has 116 valence electrons. The van der Waals surface area contributed by atoms with Crippen molar-refractivity contribution in [1.82, 2.24) is 5.32 Å². The van der Waals surface area contributed by atoms with Crippen LogP contribution in [0.5, 0.6) is 11.5 Å². The van der Waals surface area contributed by atoms with E-state index in [0.29, 0.717) is 5.56 Å². The second-order valence-corrected chi connectivity index (χ2v) is 5.56. The van der Waals surface area contributed by atoms with Crippen LogP contribution in [0.15, 0.2) is 18.2 Å². The number of amides is 1. The van der Waals surface area contributed by atoms with Crippen LogP contribution >= 0.6 is 0 Å². The first-order chi connectivity index (χ1) is 9.58. The molecule has 1 amide bonds. The topological polar surface area (TPSA) is 116 Å². The number of ether oxygens (including phenoxy) is 1. The summed E-state index contributed by atoms with van der Waals surface area (Å²) >= 11 is 0. The third kappa shape index (κ3) is 5.60. The highest BCUT2D eigenvalue weighted by Gasteiger charge is 2.24. The Labute approximate surface area is 122 Å². The molecule has 1 aromatic carbocycles. The summed E-state index contributed by atoms with van der Waals surface area (Å²) in [5, 5.41) is 30.0. The van der Waals surface area contributed by atoms with Gasteiger partial charge in [0.05, 0.1) is 0 Å². The van der Waals surface area contributed by atoms with Gasteiger partial charge in [-0.15, -0.1) is 0 Å². The smallest absolute Gasteiger partial charge is 0.408 e. The SMILES string of the molecule is CC(C)(C)OC(=O)N[C@@H](Cc1ccc(O)c(O)c1)C(=O)O. The van der Waals surface area contributed by atoms with E-state index in [-0.39, 0.29) is 17.9 Å². The van der Waals surface area contributed by atoms with Crippen molar-refractivity contribution in [2.45, 2.75) is 38.8 Å². The summed E-state index contributed by atoms with van der Waals surface area (Å²) in [6.07, 6.45) is -0.888. The van der Waals surface area contributed by atoms with E-state index < -0.39 is 23.7 Å². The largest absolute Gasteiger partial charge is 0.504 e. The fourth-order valence-corrected chi connectivity index (χ4v) is 1.58. The number of alkyl carbamates (subject to hydrolysis) is 1. The van der Waals surface area contributed by atoms with Gasteiger partial charge < -0.3 is 25.4 Å². The number of phenolic OH excluding ortho intramolecular Hbond substituents is 2. The molecule has 0 aliphatic heterocycles. The molecule has 1 atom stereocenters. The van der Waals surface area contributed by atoms with E-state index in [9.17, 15) is 19.8 Å². The van der Waals surface area contributed by atoms with Crippen molar-refractivity contribution in [1.29, 1.82) is 0 Å². The average molecular weight is 297 g/mol. The molecule has 0 heterocycles. The summed E-state index contributed by atoms with van der Waals surface area (Å²) in [5.74, 6) is -1.88. The van der Waals surface area contributed by atoms with E-state index in [1.807, 2.05) is 0 Å². The Morgan fingerprint density at radius 2 is 1.86 bits per heavy atom. The van der Waals surface area contributed by atoms with E-state index in [1.54, 1.807) is 20.8 Å². The summed E-state index contributed by atoms with van der Waals surface area (Å²) in [6, 6.07) is 2.74. The number of rotatable bonds is 4. The number of benzene rings is 1. The van der Waals surface area contributed by atoms with Crippen molar-refractivity contribution in [3.8, 4) is 11.5 Å². The molecule has 7 nitrogen and oxygen atoms in total. The Hall–Kier alpha value is -2.44. The molecule has 0 aliphatic rings. The van der Waals surface area contributed by atoms with Gasteiger partial charge in [0.25, 0.3) is 0 Å². The zero-order chi connectivity index (χ0) is 16.2. The predicted molar refractivity (Wildman–Crippen MR) is 74.3 cm³/mol. The minimum absolute atomic E-state index is 0.0532. The van der Waals surface area contributed by atoms with E-state index in [2.05, 4.69) is 5.32 Å². The summed E-state index contributed by atoms with van der Waals surface area (Å²) in [6.45, 7) is 5.00. The van der Waals surface area contributed by atoms with Crippen LogP contribution in [0.25, 0.3) is 0 Å². The van der Waals surface area contributed by atoms with Crippen molar-refractivity contribution in [3.05, 3.63) is 23.8 Å². The number of aromatic hydroxyl groups is 2. The number of carboxylic acid groups (broad SMARTS) is 1. The van der Waals surface area contributed by atoms with E-state index >= 15 is 0 Å². The number of carbonyl (C=O) groups is 2. The van der Waals surface area contributed by atoms with Crippen LogP contribution in [0.1, 0.15) is 26.3 Å². The number of aliphatic carboxylic acids is 1. The number of hydrogen-bond donors (Lipinski definition) is 4. The Morgan fingerprint density at radius 3 is 2.33 bits per heavy atom. The molecular formula is C14H19NO6. The van der Waals surface area contributed by atoms with Crippen molar-refractivity contribution in [2.24, 2.45) is 0 Å². The molecule has 21 heavy (non-hydrogen) atoms.